The van der Waals surface area contributed by atoms with E-state index in [2.05, 4.69) is 15.3 Å². The van der Waals surface area contributed by atoms with E-state index in [4.69, 9.17) is 4.74 Å². The number of rotatable bonds is 4. The molecule has 0 bridgehead atoms. The number of hydrogen-bond donors (Lipinski definition) is 1. The van der Waals surface area contributed by atoms with Crippen LogP contribution in [0, 0.1) is 6.92 Å². The summed E-state index contributed by atoms with van der Waals surface area (Å²) in [6.07, 6.45) is 1.84. The SMILES string of the molecule is Cc1c(C(=O)OC2CCCCC2)sc2ncnc(Nc3cccc(C(F)(F)F)c3)c12. The molecule has 5 nitrogen and oxygen atoms in total. The summed E-state index contributed by atoms with van der Waals surface area (Å²) in [4.78, 5) is 22.2. The number of carbonyl (C=O) groups excluding carboxylic acids is 1. The first-order chi connectivity index (χ1) is 14.3. The molecule has 0 spiro atoms. The number of carbonyl (C=O) groups is 1. The van der Waals surface area contributed by atoms with Gasteiger partial charge in [-0.3, -0.25) is 0 Å². The van der Waals surface area contributed by atoms with Gasteiger partial charge in [0.1, 0.15) is 28.0 Å². The van der Waals surface area contributed by atoms with Gasteiger partial charge in [-0.05, 0) is 56.4 Å². The van der Waals surface area contributed by atoms with Crippen LogP contribution in [0.5, 0.6) is 0 Å². The number of hydrogen-bond acceptors (Lipinski definition) is 6. The van der Waals surface area contributed by atoms with Crippen molar-refractivity contribution in [3.63, 3.8) is 0 Å². The van der Waals surface area contributed by atoms with Gasteiger partial charge in [0.15, 0.2) is 0 Å². The number of nitrogens with zero attached hydrogens (tertiary/aromatic N) is 2. The van der Waals surface area contributed by atoms with Gasteiger partial charge in [0, 0.05) is 5.69 Å². The lowest BCUT2D eigenvalue weighted by atomic mass is 9.98. The quantitative estimate of drug-likeness (QED) is 0.491. The first-order valence-corrected chi connectivity index (χ1v) is 10.5. The zero-order valence-electron chi connectivity index (χ0n) is 16.3. The molecule has 158 valence electrons. The highest BCUT2D eigenvalue weighted by molar-refractivity contribution is 7.20. The summed E-state index contributed by atoms with van der Waals surface area (Å²) in [5, 5.41) is 3.54. The normalized spacial score (nSPS) is 15.3. The number of nitrogens with one attached hydrogen (secondary N) is 1. The lowest BCUT2D eigenvalue weighted by molar-refractivity contribution is -0.137. The summed E-state index contributed by atoms with van der Waals surface area (Å²) in [6.45, 7) is 1.77. The zero-order valence-corrected chi connectivity index (χ0v) is 17.1. The molecule has 0 saturated heterocycles. The van der Waals surface area contributed by atoms with Crippen molar-refractivity contribution in [1.82, 2.24) is 9.97 Å². The molecule has 0 unspecified atom stereocenters. The van der Waals surface area contributed by atoms with Crippen LogP contribution >= 0.6 is 11.3 Å². The van der Waals surface area contributed by atoms with Gasteiger partial charge in [-0.1, -0.05) is 12.5 Å². The topological polar surface area (TPSA) is 64.1 Å². The lowest BCUT2D eigenvalue weighted by Crippen LogP contribution is -2.20. The highest BCUT2D eigenvalue weighted by Crippen LogP contribution is 2.36. The van der Waals surface area contributed by atoms with Crippen molar-refractivity contribution in [3.8, 4) is 0 Å². The average Bonchev–Trinajstić information content (AvgIpc) is 3.06. The number of benzene rings is 1. The molecule has 1 saturated carbocycles. The third-order valence-corrected chi connectivity index (χ3v) is 6.37. The molecular formula is C21H20F3N3O2S. The first-order valence-electron chi connectivity index (χ1n) is 9.72. The maximum atomic E-state index is 13.0. The molecule has 0 amide bonds. The number of aryl methyl sites for hydroxylation is 1. The van der Waals surface area contributed by atoms with Crippen molar-refractivity contribution >= 4 is 39.0 Å². The molecule has 2 heterocycles. The molecule has 9 heteroatoms. The molecule has 4 rings (SSSR count). The van der Waals surface area contributed by atoms with Gasteiger partial charge < -0.3 is 10.1 Å². The number of fused-ring (bicyclic) bond motifs is 1. The van der Waals surface area contributed by atoms with Gasteiger partial charge in [-0.15, -0.1) is 11.3 Å². The monoisotopic (exact) mass is 435 g/mol. The van der Waals surface area contributed by atoms with Gasteiger partial charge in [-0.25, -0.2) is 14.8 Å². The second kappa shape index (κ2) is 8.22. The Kier molecular flexibility index (Phi) is 5.64. The summed E-state index contributed by atoms with van der Waals surface area (Å²) in [6, 6.07) is 4.89. The van der Waals surface area contributed by atoms with Crippen LogP contribution in [0.15, 0.2) is 30.6 Å². The largest absolute Gasteiger partial charge is 0.458 e. The Labute approximate surface area is 175 Å². The second-order valence-electron chi connectivity index (χ2n) is 7.33. The van der Waals surface area contributed by atoms with Gasteiger partial charge in [0.25, 0.3) is 0 Å². The van der Waals surface area contributed by atoms with Gasteiger partial charge in [-0.2, -0.15) is 13.2 Å². The summed E-state index contributed by atoms with van der Waals surface area (Å²) in [5.41, 5.74) is 0.157. The van der Waals surface area contributed by atoms with Crippen molar-refractivity contribution in [2.24, 2.45) is 0 Å². The van der Waals surface area contributed by atoms with E-state index >= 15 is 0 Å². The fourth-order valence-electron chi connectivity index (χ4n) is 3.66. The van der Waals surface area contributed by atoms with Gasteiger partial charge in [0.2, 0.25) is 0 Å². The summed E-state index contributed by atoms with van der Waals surface area (Å²) < 4.78 is 44.7. The predicted molar refractivity (Wildman–Crippen MR) is 109 cm³/mol. The van der Waals surface area contributed by atoms with Crippen molar-refractivity contribution in [3.05, 3.63) is 46.6 Å². The molecule has 1 aliphatic carbocycles. The number of esters is 1. The van der Waals surface area contributed by atoms with Crippen LogP contribution in [0.1, 0.15) is 52.9 Å². The summed E-state index contributed by atoms with van der Waals surface area (Å²) >= 11 is 1.21. The van der Waals surface area contributed by atoms with E-state index in [1.165, 1.54) is 29.8 Å². The first kappa shape index (κ1) is 20.6. The fourth-order valence-corrected chi connectivity index (χ4v) is 4.69. The van der Waals surface area contributed by atoms with E-state index in [0.29, 0.717) is 26.5 Å². The Morgan fingerprint density at radius 1 is 1.20 bits per heavy atom. The van der Waals surface area contributed by atoms with Gasteiger partial charge >= 0.3 is 12.1 Å². The molecular weight excluding hydrogens is 415 g/mol. The van der Waals surface area contributed by atoms with Crippen molar-refractivity contribution < 1.29 is 22.7 Å². The molecule has 2 aromatic heterocycles. The number of aromatic nitrogens is 2. The van der Waals surface area contributed by atoms with E-state index in [1.54, 1.807) is 6.92 Å². The Morgan fingerprint density at radius 3 is 2.70 bits per heavy atom. The molecule has 0 atom stereocenters. The molecule has 1 fully saturated rings. The van der Waals surface area contributed by atoms with Crippen LogP contribution in [0.3, 0.4) is 0 Å². The van der Waals surface area contributed by atoms with E-state index < -0.39 is 11.7 Å². The highest BCUT2D eigenvalue weighted by atomic mass is 32.1. The lowest BCUT2D eigenvalue weighted by Gasteiger charge is -2.21. The molecule has 30 heavy (non-hydrogen) atoms. The average molecular weight is 435 g/mol. The van der Waals surface area contributed by atoms with Crippen LogP contribution in [0.25, 0.3) is 10.2 Å². The van der Waals surface area contributed by atoms with Crippen LogP contribution in [-0.4, -0.2) is 22.0 Å². The van der Waals surface area contributed by atoms with Crippen molar-refractivity contribution in [1.29, 1.82) is 0 Å². The van der Waals surface area contributed by atoms with Crippen LogP contribution in [0.2, 0.25) is 0 Å². The predicted octanol–water partition coefficient (Wildman–Crippen LogP) is 6.25. The number of anilines is 2. The van der Waals surface area contributed by atoms with E-state index in [0.717, 1.165) is 44.2 Å². The number of thiophene rings is 1. The van der Waals surface area contributed by atoms with Gasteiger partial charge in [0.05, 0.1) is 10.9 Å². The Morgan fingerprint density at radius 2 is 1.97 bits per heavy atom. The molecule has 1 aromatic carbocycles. The smallest absolute Gasteiger partial charge is 0.416 e. The minimum absolute atomic E-state index is 0.0651. The van der Waals surface area contributed by atoms with E-state index in [-0.39, 0.29) is 17.8 Å². The zero-order chi connectivity index (χ0) is 21.3. The maximum absolute atomic E-state index is 13.0. The fraction of sp³-hybridized carbons (Fsp3) is 0.381. The number of halogens is 3. The molecule has 3 aromatic rings. The standard InChI is InChI=1S/C21H20F3N3O2S/c1-12-16-18(27-14-7-5-6-13(10-14)21(22,23)24)25-11-26-19(16)30-17(12)20(28)29-15-8-3-2-4-9-15/h5-7,10-11,15H,2-4,8-9H2,1H3,(H,25,26,27). The van der Waals surface area contributed by atoms with Crippen LogP contribution in [-0.2, 0) is 10.9 Å². The highest BCUT2D eigenvalue weighted by Gasteiger charge is 2.30. The minimum Gasteiger partial charge on any atom is -0.458 e. The summed E-state index contributed by atoms with van der Waals surface area (Å²) in [7, 11) is 0. The third-order valence-electron chi connectivity index (χ3n) is 5.19. The Balaban J connectivity index is 1.63. The van der Waals surface area contributed by atoms with Crippen LogP contribution in [0.4, 0.5) is 24.7 Å². The van der Waals surface area contributed by atoms with E-state index in [1.807, 2.05) is 0 Å². The third kappa shape index (κ3) is 4.26. The Bertz CT molecular complexity index is 1080. The molecule has 1 aliphatic rings. The van der Waals surface area contributed by atoms with Crippen LogP contribution < -0.4 is 5.32 Å². The number of ether oxygens (including phenoxy) is 1. The second-order valence-corrected chi connectivity index (χ2v) is 8.33. The van der Waals surface area contributed by atoms with Crippen molar-refractivity contribution in [2.45, 2.75) is 51.3 Å². The minimum atomic E-state index is -4.44. The Hall–Kier alpha value is -2.68. The molecule has 0 aliphatic heterocycles. The van der Waals surface area contributed by atoms with Crippen molar-refractivity contribution in [2.75, 3.05) is 5.32 Å². The maximum Gasteiger partial charge on any atom is 0.416 e. The summed E-state index contributed by atoms with van der Waals surface area (Å²) in [5.74, 6) is -0.0304. The number of alkyl halides is 3. The molecule has 1 N–H and O–H groups in total. The van der Waals surface area contributed by atoms with E-state index in [9.17, 15) is 18.0 Å². The molecule has 0 radical (unpaired) electrons.